The van der Waals surface area contributed by atoms with Gasteiger partial charge in [0.15, 0.2) is 0 Å². The Bertz CT molecular complexity index is 395. The molecule has 0 radical (unpaired) electrons. The number of hydrogen-bond acceptors (Lipinski definition) is 4. The molecule has 0 spiro atoms. The summed E-state index contributed by atoms with van der Waals surface area (Å²) in [6, 6.07) is 6.23. The average molecular weight is 256 g/mol. The quantitative estimate of drug-likeness (QED) is 0.792. The SMILES string of the molecule is CC(NCCCS(C)=O)c1ccc(C#N)s1. The van der Waals surface area contributed by atoms with Gasteiger partial charge in [-0.1, -0.05) is 0 Å². The molecule has 1 rings (SSSR count). The molecule has 3 nitrogen and oxygen atoms in total. The van der Waals surface area contributed by atoms with Gasteiger partial charge in [-0.05, 0) is 32.0 Å². The van der Waals surface area contributed by atoms with Crippen molar-refractivity contribution in [3.63, 3.8) is 0 Å². The number of hydrogen-bond donors (Lipinski definition) is 1. The molecule has 0 aliphatic rings. The molecule has 0 fully saturated rings. The van der Waals surface area contributed by atoms with Crippen molar-refractivity contribution in [3.05, 3.63) is 21.9 Å². The van der Waals surface area contributed by atoms with Crippen molar-refractivity contribution in [2.45, 2.75) is 19.4 Å². The zero-order valence-electron chi connectivity index (χ0n) is 9.53. The van der Waals surface area contributed by atoms with E-state index in [0.29, 0.717) is 0 Å². The Labute approximate surface area is 103 Å². The highest BCUT2D eigenvalue weighted by molar-refractivity contribution is 7.84. The molecule has 2 unspecified atom stereocenters. The molecule has 0 aliphatic carbocycles. The lowest BCUT2D eigenvalue weighted by Gasteiger charge is -2.11. The van der Waals surface area contributed by atoms with Gasteiger partial charge in [-0.15, -0.1) is 11.3 Å². The van der Waals surface area contributed by atoms with Crippen LogP contribution in [0.1, 0.15) is 29.1 Å². The van der Waals surface area contributed by atoms with Crippen LogP contribution in [0.25, 0.3) is 0 Å². The molecule has 1 N–H and O–H groups in total. The molecule has 0 amide bonds. The number of nitrogens with zero attached hydrogens (tertiary/aromatic N) is 1. The van der Waals surface area contributed by atoms with E-state index in [2.05, 4.69) is 18.3 Å². The lowest BCUT2D eigenvalue weighted by molar-refractivity contribution is 0.578. The van der Waals surface area contributed by atoms with Crippen LogP contribution in [0.15, 0.2) is 12.1 Å². The van der Waals surface area contributed by atoms with Crippen molar-refractivity contribution in [3.8, 4) is 6.07 Å². The van der Waals surface area contributed by atoms with Crippen molar-refractivity contribution >= 4 is 22.1 Å². The minimum Gasteiger partial charge on any atom is -0.309 e. The van der Waals surface area contributed by atoms with E-state index >= 15 is 0 Å². The van der Waals surface area contributed by atoms with Crippen molar-refractivity contribution < 1.29 is 4.21 Å². The van der Waals surface area contributed by atoms with Gasteiger partial charge >= 0.3 is 0 Å². The number of nitriles is 1. The minimum atomic E-state index is -0.703. The highest BCUT2D eigenvalue weighted by Crippen LogP contribution is 2.22. The van der Waals surface area contributed by atoms with E-state index in [1.807, 2.05) is 12.1 Å². The predicted molar refractivity (Wildman–Crippen MR) is 69.0 cm³/mol. The van der Waals surface area contributed by atoms with Gasteiger partial charge < -0.3 is 5.32 Å². The van der Waals surface area contributed by atoms with Crippen LogP contribution in [0.4, 0.5) is 0 Å². The van der Waals surface area contributed by atoms with E-state index in [9.17, 15) is 4.21 Å². The minimum absolute atomic E-state index is 0.261. The Morgan fingerprint density at radius 1 is 1.62 bits per heavy atom. The van der Waals surface area contributed by atoms with Crippen LogP contribution < -0.4 is 5.32 Å². The lowest BCUT2D eigenvalue weighted by atomic mass is 10.2. The van der Waals surface area contributed by atoms with Crippen LogP contribution in [-0.2, 0) is 10.8 Å². The Hall–Kier alpha value is -0.700. The highest BCUT2D eigenvalue weighted by atomic mass is 32.2. The summed E-state index contributed by atoms with van der Waals surface area (Å²) in [5.41, 5.74) is 0. The Morgan fingerprint density at radius 2 is 2.38 bits per heavy atom. The van der Waals surface area contributed by atoms with E-state index < -0.39 is 10.8 Å². The maximum absolute atomic E-state index is 10.8. The van der Waals surface area contributed by atoms with Crippen LogP contribution >= 0.6 is 11.3 Å². The van der Waals surface area contributed by atoms with Crippen molar-refractivity contribution in [2.24, 2.45) is 0 Å². The summed E-state index contributed by atoms with van der Waals surface area (Å²) >= 11 is 1.52. The first-order valence-corrected chi connectivity index (χ1v) is 7.71. The van der Waals surface area contributed by atoms with Crippen molar-refractivity contribution in [2.75, 3.05) is 18.6 Å². The van der Waals surface area contributed by atoms with Crippen molar-refractivity contribution in [1.82, 2.24) is 5.32 Å². The zero-order chi connectivity index (χ0) is 12.0. The molecule has 0 aliphatic heterocycles. The third kappa shape index (κ3) is 4.44. The molecule has 16 heavy (non-hydrogen) atoms. The van der Waals surface area contributed by atoms with Crippen LogP contribution in [0, 0.1) is 11.3 Å². The highest BCUT2D eigenvalue weighted by Gasteiger charge is 2.07. The maximum atomic E-state index is 10.8. The Kier molecular flexibility index (Phi) is 5.67. The summed E-state index contributed by atoms with van der Waals surface area (Å²) in [6.45, 7) is 2.94. The number of thiophene rings is 1. The number of nitrogens with one attached hydrogen (secondary N) is 1. The fourth-order valence-corrected chi connectivity index (χ4v) is 2.72. The van der Waals surface area contributed by atoms with Gasteiger partial charge in [0, 0.05) is 33.7 Å². The summed E-state index contributed by atoms with van der Waals surface area (Å²) < 4.78 is 10.8. The van der Waals surface area contributed by atoms with Gasteiger partial charge in [0.2, 0.25) is 0 Å². The van der Waals surface area contributed by atoms with E-state index in [1.54, 1.807) is 6.26 Å². The van der Waals surface area contributed by atoms with E-state index in [-0.39, 0.29) is 6.04 Å². The molecular weight excluding hydrogens is 240 g/mol. The van der Waals surface area contributed by atoms with Gasteiger partial charge in [-0.2, -0.15) is 5.26 Å². The summed E-state index contributed by atoms with van der Waals surface area (Å²) in [4.78, 5) is 1.92. The third-order valence-corrected chi connectivity index (χ3v) is 4.26. The van der Waals surface area contributed by atoms with Gasteiger partial charge in [-0.3, -0.25) is 4.21 Å². The summed E-state index contributed by atoms with van der Waals surface area (Å²) in [5, 5.41) is 12.1. The molecule has 2 atom stereocenters. The second-order valence-electron chi connectivity index (χ2n) is 3.62. The first-order chi connectivity index (χ1) is 7.63. The Morgan fingerprint density at radius 3 is 2.94 bits per heavy atom. The molecule has 0 saturated carbocycles. The number of rotatable bonds is 6. The molecule has 0 bridgehead atoms. The molecule has 88 valence electrons. The van der Waals surface area contributed by atoms with E-state index in [0.717, 1.165) is 23.6 Å². The molecular formula is C11H16N2OS2. The molecule has 1 heterocycles. The van der Waals surface area contributed by atoms with Gasteiger partial charge in [0.05, 0.1) is 0 Å². The molecule has 0 saturated heterocycles. The topological polar surface area (TPSA) is 52.9 Å². The normalized spacial score (nSPS) is 14.3. The molecule has 1 aromatic rings. The summed E-state index contributed by atoms with van der Waals surface area (Å²) in [5.74, 6) is 0.744. The Balaban J connectivity index is 2.32. The monoisotopic (exact) mass is 256 g/mol. The van der Waals surface area contributed by atoms with Crippen LogP contribution in [0.2, 0.25) is 0 Å². The maximum Gasteiger partial charge on any atom is 0.110 e. The summed E-state index contributed by atoms with van der Waals surface area (Å²) in [7, 11) is -0.703. The third-order valence-electron chi connectivity index (χ3n) is 2.22. The predicted octanol–water partition coefficient (Wildman–Crippen LogP) is 2.04. The first kappa shape index (κ1) is 13.4. The average Bonchev–Trinajstić information content (AvgIpc) is 2.72. The summed E-state index contributed by atoms with van der Waals surface area (Å²) in [6.07, 6.45) is 2.64. The van der Waals surface area contributed by atoms with Crippen LogP contribution in [0.5, 0.6) is 0 Å². The van der Waals surface area contributed by atoms with Gasteiger partial charge in [-0.25, -0.2) is 0 Å². The molecule has 1 aromatic heterocycles. The first-order valence-electron chi connectivity index (χ1n) is 5.16. The van der Waals surface area contributed by atoms with E-state index in [4.69, 9.17) is 5.26 Å². The lowest BCUT2D eigenvalue weighted by Crippen LogP contribution is -2.20. The standard InChI is InChI=1S/C11H16N2OS2/c1-9(13-6-3-7-16(2)14)11-5-4-10(8-12)15-11/h4-5,9,13H,3,6-7H2,1-2H3. The van der Waals surface area contributed by atoms with Crippen molar-refractivity contribution in [1.29, 1.82) is 5.26 Å². The van der Waals surface area contributed by atoms with Gasteiger partial charge in [0.1, 0.15) is 10.9 Å². The second-order valence-corrected chi connectivity index (χ2v) is 6.29. The molecule has 5 heteroatoms. The molecule has 0 aromatic carbocycles. The van der Waals surface area contributed by atoms with Crippen LogP contribution in [0.3, 0.4) is 0 Å². The smallest absolute Gasteiger partial charge is 0.110 e. The van der Waals surface area contributed by atoms with E-state index in [1.165, 1.54) is 16.2 Å². The van der Waals surface area contributed by atoms with Crippen LogP contribution in [-0.4, -0.2) is 22.8 Å². The second kappa shape index (κ2) is 6.79. The fourth-order valence-electron chi connectivity index (χ4n) is 1.34. The largest absolute Gasteiger partial charge is 0.309 e. The van der Waals surface area contributed by atoms with Gasteiger partial charge in [0.25, 0.3) is 0 Å². The fraction of sp³-hybridized carbons (Fsp3) is 0.545. The zero-order valence-corrected chi connectivity index (χ0v) is 11.2.